The first kappa shape index (κ1) is 6.09. The van der Waals surface area contributed by atoms with Gasteiger partial charge in [-0.15, -0.1) is 5.10 Å². The van der Waals surface area contributed by atoms with Gasteiger partial charge in [0.1, 0.15) is 5.82 Å². The molecule has 5 heteroatoms. The zero-order valence-electron chi connectivity index (χ0n) is 5.40. The number of hydrogen-bond acceptors (Lipinski definition) is 3. The van der Waals surface area contributed by atoms with Crippen LogP contribution in [0.25, 0.3) is 11.4 Å². The number of pyridine rings is 1. The van der Waals surface area contributed by atoms with Gasteiger partial charge in [-0.05, 0) is 6.07 Å². The van der Waals surface area contributed by atoms with Crippen LogP contribution in [0.1, 0.15) is 0 Å². The highest BCUT2D eigenvalue weighted by atomic mass is 19.1. The van der Waals surface area contributed by atoms with Gasteiger partial charge < -0.3 is 5.21 Å². The summed E-state index contributed by atoms with van der Waals surface area (Å²) in [5.41, 5.74) is 0.479. The van der Waals surface area contributed by atoms with E-state index < -0.39 is 5.82 Å². The second kappa shape index (κ2) is 1.91. The average molecular weight is 153 g/mol. The first-order chi connectivity index (χ1) is 5.27. The Morgan fingerprint density at radius 1 is 1.55 bits per heavy atom. The van der Waals surface area contributed by atoms with Crippen LogP contribution in [0.3, 0.4) is 0 Å². The fourth-order valence-electron chi connectivity index (χ4n) is 0.905. The van der Waals surface area contributed by atoms with Crippen molar-refractivity contribution in [1.82, 2.24) is 14.9 Å². The zero-order chi connectivity index (χ0) is 7.84. The summed E-state index contributed by atoms with van der Waals surface area (Å²) in [7, 11) is 0. The fraction of sp³-hybridized carbons (Fsp3) is 0. The van der Waals surface area contributed by atoms with E-state index in [4.69, 9.17) is 5.21 Å². The highest BCUT2D eigenvalue weighted by Crippen LogP contribution is 2.17. The maximum absolute atomic E-state index is 12.5. The molecule has 0 unspecified atom stereocenters. The summed E-state index contributed by atoms with van der Waals surface area (Å²) >= 11 is 0. The molecule has 0 saturated carbocycles. The van der Waals surface area contributed by atoms with Crippen LogP contribution in [0.5, 0.6) is 0 Å². The molecule has 0 saturated heterocycles. The van der Waals surface area contributed by atoms with E-state index in [2.05, 4.69) is 10.2 Å². The van der Waals surface area contributed by atoms with Crippen molar-refractivity contribution in [3.05, 3.63) is 24.3 Å². The molecular formula is C6H4FN3O. The van der Waals surface area contributed by atoms with Crippen molar-refractivity contribution in [2.75, 3.05) is 0 Å². The first-order valence-corrected chi connectivity index (χ1v) is 2.96. The molecule has 2 aliphatic rings. The molecule has 2 rings (SSSR count). The van der Waals surface area contributed by atoms with Crippen molar-refractivity contribution in [2.24, 2.45) is 0 Å². The Kier molecular flexibility index (Phi) is 1.06. The lowest BCUT2D eigenvalue weighted by Gasteiger charge is -2.01. The third-order valence-electron chi connectivity index (χ3n) is 1.36. The topological polar surface area (TPSA) is 50.9 Å². The summed E-state index contributed by atoms with van der Waals surface area (Å²) in [6.45, 7) is 0. The minimum Gasteiger partial charge on any atom is -0.427 e. The Hall–Kier alpha value is -1.65. The summed E-state index contributed by atoms with van der Waals surface area (Å²) in [4.78, 5) is 0. The van der Waals surface area contributed by atoms with E-state index in [0.29, 0.717) is 10.3 Å². The Balaban J connectivity index is 2.79. The molecule has 0 aromatic heterocycles. The third kappa shape index (κ3) is 0.813. The van der Waals surface area contributed by atoms with Crippen LogP contribution < -0.4 is 0 Å². The molecule has 2 heterocycles. The molecule has 0 aromatic carbocycles. The minimum absolute atomic E-state index is 0.256. The highest BCUT2D eigenvalue weighted by Gasteiger charge is 2.10. The van der Waals surface area contributed by atoms with Crippen LogP contribution in [-0.2, 0) is 0 Å². The van der Waals surface area contributed by atoms with Gasteiger partial charge >= 0.3 is 0 Å². The SMILES string of the molecule is On1cc(F)cc2cnnc1-2. The molecule has 0 bridgehead atoms. The van der Waals surface area contributed by atoms with Gasteiger partial charge in [-0.2, -0.15) is 9.83 Å². The second-order valence-electron chi connectivity index (χ2n) is 2.13. The average Bonchev–Trinajstić information content (AvgIpc) is 2.34. The van der Waals surface area contributed by atoms with Gasteiger partial charge in [0, 0.05) is 5.56 Å². The standard InChI is InChI=1S/C6H4FN3O/c7-5-1-4-2-8-9-6(4)10(11)3-5/h1-3,11H. The summed E-state index contributed by atoms with van der Waals surface area (Å²) in [6, 6.07) is 1.25. The van der Waals surface area contributed by atoms with E-state index in [0.717, 1.165) is 6.20 Å². The lowest BCUT2D eigenvalue weighted by molar-refractivity contribution is 0.182. The largest absolute Gasteiger partial charge is 0.427 e. The Morgan fingerprint density at radius 3 is 3.18 bits per heavy atom. The number of fused-ring (bicyclic) bond motifs is 1. The van der Waals surface area contributed by atoms with Crippen LogP contribution in [0.15, 0.2) is 18.5 Å². The number of hydrogen-bond donors (Lipinski definition) is 1. The van der Waals surface area contributed by atoms with E-state index in [-0.39, 0.29) is 5.82 Å². The normalized spacial score (nSPS) is 10.6. The van der Waals surface area contributed by atoms with E-state index in [9.17, 15) is 4.39 Å². The van der Waals surface area contributed by atoms with Gasteiger partial charge in [0.15, 0.2) is 5.82 Å². The monoisotopic (exact) mass is 153 g/mol. The molecule has 0 radical (unpaired) electrons. The second-order valence-corrected chi connectivity index (χ2v) is 2.13. The molecule has 1 N–H and O–H groups in total. The Labute approximate surface area is 61.2 Å². The van der Waals surface area contributed by atoms with Crippen LogP contribution in [0.2, 0.25) is 0 Å². The summed E-state index contributed by atoms with van der Waals surface area (Å²) in [5, 5.41) is 16.1. The Morgan fingerprint density at radius 2 is 2.36 bits per heavy atom. The molecule has 0 spiro atoms. The molecule has 4 nitrogen and oxygen atoms in total. The minimum atomic E-state index is -0.519. The molecule has 0 atom stereocenters. The smallest absolute Gasteiger partial charge is 0.198 e. The van der Waals surface area contributed by atoms with Crippen molar-refractivity contribution in [2.45, 2.75) is 0 Å². The van der Waals surface area contributed by atoms with Crippen molar-refractivity contribution in [3.8, 4) is 11.4 Å². The number of halogens is 1. The van der Waals surface area contributed by atoms with E-state index in [1.54, 1.807) is 0 Å². The summed E-state index contributed by atoms with van der Waals surface area (Å²) in [6.07, 6.45) is 2.31. The van der Waals surface area contributed by atoms with Crippen LogP contribution in [0.4, 0.5) is 4.39 Å². The molecule has 2 aliphatic heterocycles. The van der Waals surface area contributed by atoms with Crippen LogP contribution >= 0.6 is 0 Å². The van der Waals surface area contributed by atoms with Gasteiger partial charge in [-0.25, -0.2) is 4.39 Å². The predicted molar refractivity (Wildman–Crippen MR) is 33.8 cm³/mol. The molecule has 0 aliphatic carbocycles. The van der Waals surface area contributed by atoms with Crippen LogP contribution in [0, 0.1) is 5.82 Å². The van der Waals surface area contributed by atoms with Crippen molar-refractivity contribution < 1.29 is 9.60 Å². The molecule has 0 aromatic rings. The van der Waals surface area contributed by atoms with Gasteiger partial charge in [-0.3, -0.25) is 0 Å². The Bertz CT molecular complexity index is 359. The zero-order valence-corrected chi connectivity index (χ0v) is 5.40. The summed E-state index contributed by atoms with van der Waals surface area (Å²) in [5.74, 6) is -0.263. The first-order valence-electron chi connectivity index (χ1n) is 2.96. The molecular weight excluding hydrogens is 149 g/mol. The number of nitrogens with zero attached hydrogens (tertiary/aromatic N) is 3. The molecule has 56 valence electrons. The van der Waals surface area contributed by atoms with Crippen LogP contribution in [-0.4, -0.2) is 20.1 Å². The maximum atomic E-state index is 12.5. The summed E-state index contributed by atoms with van der Waals surface area (Å²) < 4.78 is 13.1. The van der Waals surface area contributed by atoms with Gasteiger partial charge in [-0.1, -0.05) is 0 Å². The van der Waals surface area contributed by atoms with Crippen molar-refractivity contribution in [1.29, 1.82) is 0 Å². The molecule has 11 heavy (non-hydrogen) atoms. The number of aromatic nitrogens is 3. The molecule has 0 amide bonds. The lowest BCUT2D eigenvalue weighted by atomic mass is 10.3. The van der Waals surface area contributed by atoms with E-state index in [1.807, 2.05) is 0 Å². The van der Waals surface area contributed by atoms with Gasteiger partial charge in [0.25, 0.3) is 0 Å². The quantitative estimate of drug-likeness (QED) is 0.568. The highest BCUT2D eigenvalue weighted by molar-refractivity contribution is 5.54. The van der Waals surface area contributed by atoms with Crippen molar-refractivity contribution >= 4 is 0 Å². The predicted octanol–water partition coefficient (Wildman–Crippen LogP) is 0.759. The fourth-order valence-corrected chi connectivity index (χ4v) is 0.905. The molecule has 0 fully saturated rings. The number of rotatable bonds is 0. The lowest BCUT2D eigenvalue weighted by Crippen LogP contribution is -1.99. The van der Waals surface area contributed by atoms with E-state index in [1.165, 1.54) is 12.3 Å². The van der Waals surface area contributed by atoms with Crippen molar-refractivity contribution in [3.63, 3.8) is 0 Å². The van der Waals surface area contributed by atoms with Gasteiger partial charge in [0.2, 0.25) is 0 Å². The van der Waals surface area contributed by atoms with E-state index >= 15 is 0 Å². The third-order valence-corrected chi connectivity index (χ3v) is 1.36. The van der Waals surface area contributed by atoms with Gasteiger partial charge in [0.05, 0.1) is 12.4 Å². The maximum Gasteiger partial charge on any atom is 0.198 e.